The molecule has 6 aliphatic rings. The average molecular weight is 831 g/mol. The number of aryl methyl sites for hydroxylation is 1. The van der Waals surface area contributed by atoms with Crippen LogP contribution in [0, 0.1) is 24.2 Å². The lowest BCUT2D eigenvalue weighted by atomic mass is 9.47. The number of anilines is 1. The molecule has 6 heterocycles. The molecule has 14 heteroatoms. The zero-order valence-electron chi connectivity index (χ0n) is 35.7. The molecule has 322 valence electrons. The van der Waals surface area contributed by atoms with Crippen molar-refractivity contribution in [3.63, 3.8) is 0 Å². The van der Waals surface area contributed by atoms with E-state index in [-0.39, 0.29) is 31.3 Å². The molecule has 0 amide bonds. The number of likely N-dealkylation sites (N-methyl/N-ethyl adjacent to an activating group) is 1. The number of nitrogens with one attached hydrogen (secondary N) is 1. The molecule has 1 saturated carbocycles. The molecule has 2 aromatic carbocycles. The topological polar surface area (TPSA) is 134 Å². The second-order valence-corrected chi connectivity index (χ2v) is 18.5. The smallest absolute Gasteiger partial charge is 0.344 e. The van der Waals surface area contributed by atoms with E-state index in [9.17, 15) is 14.7 Å². The fourth-order valence-electron chi connectivity index (χ4n) is 13.4. The number of aromatic nitrogens is 1. The van der Waals surface area contributed by atoms with Crippen LogP contribution in [0.25, 0.3) is 10.9 Å². The van der Waals surface area contributed by atoms with E-state index in [0.29, 0.717) is 61.7 Å². The minimum absolute atomic E-state index is 0.154. The van der Waals surface area contributed by atoms with E-state index in [4.69, 9.17) is 18.9 Å². The van der Waals surface area contributed by atoms with E-state index in [1.165, 1.54) is 28.3 Å². The van der Waals surface area contributed by atoms with Crippen molar-refractivity contribution in [2.45, 2.75) is 100 Å². The molecule has 1 aromatic heterocycles. The van der Waals surface area contributed by atoms with Crippen molar-refractivity contribution in [1.29, 1.82) is 0 Å². The van der Waals surface area contributed by atoms with E-state index >= 15 is 13.6 Å². The Bertz CT molecular complexity index is 2330. The van der Waals surface area contributed by atoms with Crippen molar-refractivity contribution in [3.05, 3.63) is 70.4 Å². The number of H-pyrrole nitrogens is 1. The van der Waals surface area contributed by atoms with E-state index in [2.05, 4.69) is 20.9 Å². The van der Waals surface area contributed by atoms with Gasteiger partial charge in [0.1, 0.15) is 11.2 Å². The number of methoxy groups -OCH3 is 3. The molecule has 10 atom stereocenters. The summed E-state index contributed by atoms with van der Waals surface area (Å²) in [5, 5.41) is 14.2. The van der Waals surface area contributed by atoms with Gasteiger partial charge in [-0.25, -0.2) is 13.6 Å². The van der Waals surface area contributed by atoms with Crippen molar-refractivity contribution in [2.24, 2.45) is 17.3 Å². The van der Waals surface area contributed by atoms with Gasteiger partial charge in [0, 0.05) is 96.9 Å². The number of fused-ring (bicyclic) bond motifs is 6. The fraction of sp³-hybridized carbons (Fsp3) is 0.587. The third-order valence-corrected chi connectivity index (χ3v) is 15.5. The standard InChI is InChI=1S/C46H56F2N4O8/c1-9-43-13-10-15-52-16-14-44(37(43)52)31-19-32(35(57-6)20-34(31)50(5)38(44)46(56,41(55)59-8)39(43)60-26(3)53)45(40(54)58-7)21-27-18-28(42(4,47)48)23-51(22-27)24-30-29-17-25(2)11-12-33(29)49-36(30)45/h10-13,17,19-20,27-28,37-39,49,56H,9,14-16,18,21-24H2,1-8H3/t27?,28-,37+,38-,39-,43-,44-,45+,46-/m1/s1. The maximum atomic E-state index is 15.4. The molecule has 2 saturated heterocycles. The normalized spacial score (nSPS) is 35.4. The summed E-state index contributed by atoms with van der Waals surface area (Å²) in [7, 11) is 5.95. The number of hydrogen-bond acceptors (Lipinski definition) is 11. The van der Waals surface area contributed by atoms with Crippen LogP contribution in [0.5, 0.6) is 5.75 Å². The summed E-state index contributed by atoms with van der Waals surface area (Å²) in [5.74, 6) is -5.93. The van der Waals surface area contributed by atoms with Crippen molar-refractivity contribution in [1.82, 2.24) is 14.8 Å². The monoisotopic (exact) mass is 830 g/mol. The molecule has 1 spiro atoms. The van der Waals surface area contributed by atoms with Crippen LogP contribution in [-0.4, -0.2) is 122 Å². The first-order valence-corrected chi connectivity index (χ1v) is 21.1. The maximum absolute atomic E-state index is 15.4. The Morgan fingerprint density at radius 3 is 2.45 bits per heavy atom. The van der Waals surface area contributed by atoms with Crippen molar-refractivity contribution >= 4 is 34.5 Å². The highest BCUT2D eigenvalue weighted by Crippen LogP contribution is 2.68. The van der Waals surface area contributed by atoms with Gasteiger partial charge >= 0.3 is 17.9 Å². The minimum atomic E-state index is -2.94. The van der Waals surface area contributed by atoms with Gasteiger partial charge in [-0.05, 0) is 81.3 Å². The number of nitrogens with zero attached hydrogens (tertiary/aromatic N) is 3. The predicted octanol–water partition coefficient (Wildman–Crippen LogP) is 5.39. The number of piperidine rings is 1. The molecule has 60 heavy (non-hydrogen) atoms. The molecular formula is C46H56F2N4O8. The van der Waals surface area contributed by atoms with Crippen LogP contribution in [0.1, 0.15) is 74.4 Å². The SMILES string of the molecule is CC[C@]12C=CCN3CC[C@@]4(c5cc([C@@]6(C(=O)OC)CC7C[C@@H](C(C)(F)F)CN(Cc8c6[nH]c6ccc(C)cc86)C7)c(OC)cc5N(C)[C@H]4[C@](O)(C(=O)OC)[C@@H]1OC(C)=O)[C@@H]32. The number of hydrogen-bond donors (Lipinski definition) is 2. The molecule has 2 N–H and O–H groups in total. The minimum Gasteiger partial charge on any atom is -0.496 e. The van der Waals surface area contributed by atoms with E-state index in [1.807, 2.05) is 62.2 Å². The summed E-state index contributed by atoms with van der Waals surface area (Å²) < 4.78 is 54.5. The first kappa shape index (κ1) is 40.9. The Labute approximate surface area is 349 Å². The quantitative estimate of drug-likeness (QED) is 0.181. The highest BCUT2D eigenvalue weighted by atomic mass is 19.3. The molecule has 1 aliphatic carbocycles. The fourth-order valence-corrected chi connectivity index (χ4v) is 13.4. The number of aliphatic hydroxyl groups is 1. The van der Waals surface area contributed by atoms with Crippen molar-refractivity contribution < 1.29 is 47.2 Å². The second-order valence-electron chi connectivity index (χ2n) is 18.5. The molecule has 2 bridgehead atoms. The lowest BCUT2D eigenvalue weighted by Crippen LogP contribution is -2.81. The zero-order valence-corrected chi connectivity index (χ0v) is 35.7. The van der Waals surface area contributed by atoms with Crippen LogP contribution < -0.4 is 9.64 Å². The highest BCUT2D eigenvalue weighted by molar-refractivity contribution is 5.95. The summed E-state index contributed by atoms with van der Waals surface area (Å²) in [5.41, 5.74) is -0.619. The lowest BCUT2D eigenvalue weighted by molar-refractivity contribution is -0.228. The summed E-state index contributed by atoms with van der Waals surface area (Å²) in [6.07, 6.45) is 4.04. The molecule has 12 nitrogen and oxygen atoms in total. The van der Waals surface area contributed by atoms with Crippen LogP contribution in [0.4, 0.5) is 14.5 Å². The van der Waals surface area contributed by atoms with Crippen LogP contribution >= 0.6 is 0 Å². The number of carbonyl (C=O) groups is 3. The second kappa shape index (κ2) is 13.7. The van der Waals surface area contributed by atoms with Gasteiger partial charge in [0.15, 0.2) is 6.10 Å². The first-order valence-electron chi connectivity index (χ1n) is 21.1. The first-order chi connectivity index (χ1) is 28.5. The number of carbonyl (C=O) groups excluding carboxylic acids is 3. The average Bonchev–Trinajstić information content (AvgIpc) is 3.86. The van der Waals surface area contributed by atoms with Gasteiger partial charge in [0.25, 0.3) is 0 Å². The summed E-state index contributed by atoms with van der Waals surface area (Å²) in [6.45, 7) is 8.55. The van der Waals surface area contributed by atoms with Crippen LogP contribution in [-0.2, 0) is 46.0 Å². The van der Waals surface area contributed by atoms with Crippen LogP contribution in [0.15, 0.2) is 42.5 Å². The van der Waals surface area contributed by atoms with E-state index in [1.54, 1.807) is 0 Å². The largest absolute Gasteiger partial charge is 0.496 e. The number of esters is 3. The summed E-state index contributed by atoms with van der Waals surface area (Å²) >= 11 is 0. The Morgan fingerprint density at radius 1 is 1.03 bits per heavy atom. The van der Waals surface area contributed by atoms with Gasteiger partial charge in [-0.1, -0.05) is 30.7 Å². The molecule has 5 aliphatic heterocycles. The Kier molecular flexibility index (Phi) is 9.35. The number of alkyl halides is 2. The maximum Gasteiger partial charge on any atom is 0.344 e. The third-order valence-electron chi connectivity index (χ3n) is 15.5. The summed E-state index contributed by atoms with van der Waals surface area (Å²) in [6, 6.07) is 8.62. The number of ether oxygens (including phenoxy) is 4. The number of aromatic amines is 1. The van der Waals surface area contributed by atoms with Gasteiger partial charge in [-0.15, -0.1) is 0 Å². The van der Waals surface area contributed by atoms with Gasteiger partial charge in [0.05, 0.1) is 27.4 Å². The molecule has 3 aromatic rings. The van der Waals surface area contributed by atoms with Crippen molar-refractivity contribution in [3.8, 4) is 5.75 Å². The summed E-state index contributed by atoms with van der Waals surface area (Å²) in [4.78, 5) is 52.6. The molecule has 3 fully saturated rings. The Hall–Kier alpha value is -4.53. The van der Waals surface area contributed by atoms with E-state index < -0.39 is 63.7 Å². The molecule has 9 rings (SSSR count). The van der Waals surface area contributed by atoms with Crippen LogP contribution in [0.3, 0.4) is 0 Å². The van der Waals surface area contributed by atoms with Crippen LogP contribution in [0.2, 0.25) is 0 Å². The van der Waals surface area contributed by atoms with Gasteiger partial charge in [0.2, 0.25) is 11.5 Å². The predicted molar refractivity (Wildman–Crippen MR) is 219 cm³/mol. The number of benzene rings is 2. The number of halogens is 2. The zero-order chi connectivity index (χ0) is 42.9. The van der Waals surface area contributed by atoms with Gasteiger partial charge in [-0.3, -0.25) is 19.4 Å². The van der Waals surface area contributed by atoms with Crippen molar-refractivity contribution in [2.75, 3.05) is 59.5 Å². The molecule has 2 unspecified atom stereocenters. The Morgan fingerprint density at radius 2 is 1.78 bits per heavy atom. The van der Waals surface area contributed by atoms with Gasteiger partial charge < -0.3 is 33.9 Å². The highest BCUT2D eigenvalue weighted by Gasteiger charge is 2.80. The van der Waals surface area contributed by atoms with Gasteiger partial charge in [-0.2, -0.15) is 0 Å². The Balaban J connectivity index is 1.36. The lowest BCUT2D eigenvalue weighted by Gasteiger charge is -2.63. The number of rotatable bonds is 7. The molecular weight excluding hydrogens is 775 g/mol. The third kappa shape index (κ3) is 5.25. The van der Waals surface area contributed by atoms with E-state index in [0.717, 1.165) is 34.5 Å². The molecule has 0 radical (unpaired) electrons.